The van der Waals surface area contributed by atoms with Crippen LogP contribution in [-0.2, 0) is 13.1 Å². The zero-order valence-corrected chi connectivity index (χ0v) is 12.9. The number of nitrogens with zero attached hydrogens (tertiary/aromatic N) is 2. The minimum atomic E-state index is 0.576. The highest BCUT2D eigenvalue weighted by Crippen LogP contribution is 2.09. The van der Waals surface area contributed by atoms with E-state index < -0.39 is 0 Å². The predicted molar refractivity (Wildman–Crippen MR) is 82.1 cm³/mol. The van der Waals surface area contributed by atoms with Crippen molar-refractivity contribution in [3.8, 4) is 0 Å². The molecule has 0 aliphatic rings. The maximum atomic E-state index is 4.71. The largest absolute Gasteiger partial charge is 0.314 e. The van der Waals surface area contributed by atoms with Crippen LogP contribution < -0.4 is 5.32 Å². The van der Waals surface area contributed by atoms with Gasteiger partial charge in [0.2, 0.25) is 0 Å². The minimum Gasteiger partial charge on any atom is -0.314 e. The predicted octanol–water partition coefficient (Wildman–Crippen LogP) is 3.20. The second kappa shape index (κ2) is 9.05. The molecule has 0 aliphatic carbocycles. The second-order valence-corrected chi connectivity index (χ2v) is 5.42. The first-order chi connectivity index (χ1) is 9.17. The molecule has 0 saturated heterocycles. The Hall–Kier alpha value is -0.930. The molecule has 3 nitrogen and oxygen atoms in total. The summed E-state index contributed by atoms with van der Waals surface area (Å²) in [5, 5.41) is 3.15. The van der Waals surface area contributed by atoms with E-state index in [1.54, 1.807) is 0 Å². The summed E-state index contributed by atoms with van der Waals surface area (Å²) in [6.07, 6.45) is 3.88. The third-order valence-electron chi connectivity index (χ3n) is 3.37. The number of pyridine rings is 1. The molecule has 0 aromatic carbocycles. The first-order valence-corrected chi connectivity index (χ1v) is 7.50. The molecule has 1 aromatic rings. The van der Waals surface area contributed by atoms with Crippen molar-refractivity contribution in [3.05, 3.63) is 29.6 Å². The molecule has 3 heteroatoms. The van der Waals surface area contributed by atoms with Crippen LogP contribution in [0.3, 0.4) is 0 Å². The van der Waals surface area contributed by atoms with Gasteiger partial charge in [-0.25, -0.2) is 0 Å². The van der Waals surface area contributed by atoms with Crippen LogP contribution in [-0.4, -0.2) is 29.5 Å². The zero-order valence-electron chi connectivity index (χ0n) is 12.9. The van der Waals surface area contributed by atoms with Crippen LogP contribution in [0.15, 0.2) is 18.2 Å². The second-order valence-electron chi connectivity index (χ2n) is 5.42. The molecule has 0 saturated carbocycles. The lowest BCUT2D eigenvalue weighted by molar-refractivity contribution is 0.206. The smallest absolute Gasteiger partial charge is 0.0547 e. The van der Waals surface area contributed by atoms with Crippen LogP contribution in [0.4, 0.5) is 0 Å². The van der Waals surface area contributed by atoms with Crippen molar-refractivity contribution in [2.75, 3.05) is 13.6 Å². The maximum absolute atomic E-state index is 4.71. The van der Waals surface area contributed by atoms with Gasteiger partial charge in [-0.15, -0.1) is 0 Å². The number of unbranched alkanes of at least 4 members (excludes halogenated alkanes) is 2. The molecule has 1 rings (SSSR count). The van der Waals surface area contributed by atoms with E-state index in [2.05, 4.69) is 49.2 Å². The Morgan fingerprint density at radius 1 is 1.21 bits per heavy atom. The van der Waals surface area contributed by atoms with Crippen molar-refractivity contribution < 1.29 is 0 Å². The molecule has 1 N–H and O–H groups in total. The summed E-state index contributed by atoms with van der Waals surface area (Å²) >= 11 is 0. The average Bonchev–Trinajstić information content (AvgIpc) is 2.38. The van der Waals surface area contributed by atoms with Crippen molar-refractivity contribution in [1.82, 2.24) is 15.2 Å². The number of nitrogens with one attached hydrogen (secondary N) is 1. The molecule has 0 atom stereocenters. The summed E-state index contributed by atoms with van der Waals surface area (Å²) in [4.78, 5) is 7.22. The third kappa shape index (κ3) is 6.17. The molecule has 19 heavy (non-hydrogen) atoms. The Kier molecular flexibility index (Phi) is 7.68. The Labute approximate surface area is 118 Å². The summed E-state index contributed by atoms with van der Waals surface area (Å²) in [6.45, 7) is 9.75. The Morgan fingerprint density at radius 3 is 2.58 bits per heavy atom. The van der Waals surface area contributed by atoms with Crippen molar-refractivity contribution in [2.24, 2.45) is 0 Å². The highest BCUT2D eigenvalue weighted by molar-refractivity contribution is 5.11. The van der Waals surface area contributed by atoms with Gasteiger partial charge in [0, 0.05) is 19.1 Å². The molecule has 0 fully saturated rings. The van der Waals surface area contributed by atoms with E-state index in [1.165, 1.54) is 31.5 Å². The quantitative estimate of drug-likeness (QED) is 0.693. The number of hydrogen-bond donors (Lipinski definition) is 1. The Morgan fingerprint density at radius 2 is 1.95 bits per heavy atom. The molecule has 0 spiro atoms. The van der Waals surface area contributed by atoms with Gasteiger partial charge in [0.05, 0.1) is 11.4 Å². The van der Waals surface area contributed by atoms with Gasteiger partial charge in [-0.3, -0.25) is 9.88 Å². The molecular formula is C16H29N3. The monoisotopic (exact) mass is 263 g/mol. The molecule has 0 aliphatic heterocycles. The fourth-order valence-corrected chi connectivity index (χ4v) is 2.19. The highest BCUT2D eigenvalue weighted by atomic mass is 15.1. The lowest BCUT2D eigenvalue weighted by Crippen LogP contribution is -2.31. The maximum Gasteiger partial charge on any atom is 0.0547 e. The van der Waals surface area contributed by atoms with Crippen LogP contribution in [0, 0.1) is 0 Å². The van der Waals surface area contributed by atoms with E-state index in [0.29, 0.717) is 6.04 Å². The average molecular weight is 263 g/mol. The summed E-state index contributed by atoms with van der Waals surface area (Å²) in [5.41, 5.74) is 2.30. The van der Waals surface area contributed by atoms with Gasteiger partial charge in [0.25, 0.3) is 0 Å². The number of hydrogen-bond acceptors (Lipinski definition) is 3. The summed E-state index contributed by atoms with van der Waals surface area (Å²) in [5.74, 6) is 0. The van der Waals surface area contributed by atoms with Gasteiger partial charge in [0.1, 0.15) is 0 Å². The van der Waals surface area contributed by atoms with E-state index in [-0.39, 0.29) is 0 Å². The van der Waals surface area contributed by atoms with E-state index >= 15 is 0 Å². The van der Waals surface area contributed by atoms with Gasteiger partial charge < -0.3 is 5.32 Å². The van der Waals surface area contributed by atoms with Crippen molar-refractivity contribution >= 4 is 0 Å². The fourth-order valence-electron chi connectivity index (χ4n) is 2.19. The normalized spacial score (nSPS) is 11.5. The lowest BCUT2D eigenvalue weighted by Gasteiger charge is -2.26. The van der Waals surface area contributed by atoms with Crippen LogP contribution in [0.2, 0.25) is 0 Å². The molecular weight excluding hydrogens is 234 g/mol. The van der Waals surface area contributed by atoms with E-state index in [4.69, 9.17) is 4.98 Å². The van der Waals surface area contributed by atoms with Gasteiger partial charge in [-0.05, 0) is 46.0 Å². The third-order valence-corrected chi connectivity index (χ3v) is 3.37. The first kappa shape index (κ1) is 16.1. The highest BCUT2D eigenvalue weighted by Gasteiger charge is 2.10. The summed E-state index contributed by atoms with van der Waals surface area (Å²) in [6, 6.07) is 6.90. The van der Waals surface area contributed by atoms with Crippen molar-refractivity contribution in [1.29, 1.82) is 0 Å². The lowest BCUT2D eigenvalue weighted by atomic mass is 10.2. The molecule has 1 heterocycles. The number of aromatic nitrogens is 1. The fraction of sp³-hybridized carbons (Fsp3) is 0.688. The van der Waals surface area contributed by atoms with Crippen molar-refractivity contribution in [3.63, 3.8) is 0 Å². The molecule has 108 valence electrons. The Balaban J connectivity index is 2.59. The number of rotatable bonds is 9. The molecule has 0 radical (unpaired) electrons. The van der Waals surface area contributed by atoms with Crippen LogP contribution in [0.1, 0.15) is 51.4 Å². The summed E-state index contributed by atoms with van der Waals surface area (Å²) < 4.78 is 0. The molecule has 0 bridgehead atoms. The van der Waals surface area contributed by atoms with E-state index in [0.717, 1.165) is 18.8 Å². The zero-order chi connectivity index (χ0) is 14.1. The van der Waals surface area contributed by atoms with Crippen LogP contribution in [0.25, 0.3) is 0 Å². The topological polar surface area (TPSA) is 28.2 Å². The first-order valence-electron chi connectivity index (χ1n) is 7.50. The van der Waals surface area contributed by atoms with Crippen molar-refractivity contribution in [2.45, 2.75) is 59.2 Å². The minimum absolute atomic E-state index is 0.576. The standard InChI is InChI=1S/C16H29N3/c1-5-6-7-11-19(14(2)3)13-16-10-8-9-15(18-16)12-17-4/h8-10,14,17H,5-7,11-13H2,1-4H3. The van der Waals surface area contributed by atoms with Crippen LogP contribution in [0.5, 0.6) is 0 Å². The van der Waals surface area contributed by atoms with Crippen LogP contribution >= 0.6 is 0 Å². The summed E-state index contributed by atoms with van der Waals surface area (Å²) in [7, 11) is 1.96. The molecule has 0 amide bonds. The molecule has 1 aromatic heterocycles. The van der Waals surface area contributed by atoms with E-state index in [1.807, 2.05) is 7.05 Å². The Bertz CT molecular complexity index is 350. The van der Waals surface area contributed by atoms with Gasteiger partial charge in [-0.2, -0.15) is 0 Å². The van der Waals surface area contributed by atoms with Gasteiger partial charge in [-0.1, -0.05) is 25.8 Å². The molecule has 0 unspecified atom stereocenters. The van der Waals surface area contributed by atoms with Gasteiger partial charge >= 0.3 is 0 Å². The van der Waals surface area contributed by atoms with Gasteiger partial charge in [0.15, 0.2) is 0 Å². The SMILES string of the molecule is CCCCCN(Cc1cccc(CNC)n1)C(C)C. The van der Waals surface area contributed by atoms with E-state index in [9.17, 15) is 0 Å².